The molecule has 1 rings (SSSR count). The summed E-state index contributed by atoms with van der Waals surface area (Å²) in [5, 5.41) is 0. The van der Waals surface area contributed by atoms with E-state index in [2.05, 4.69) is 6.58 Å². The lowest BCUT2D eigenvalue weighted by molar-refractivity contribution is -0.158. The van der Waals surface area contributed by atoms with E-state index in [4.69, 9.17) is 14.2 Å². The van der Waals surface area contributed by atoms with E-state index >= 15 is 0 Å². The first kappa shape index (κ1) is 12.4. The normalized spacial score (nSPS) is 31.1. The zero-order valence-electron chi connectivity index (χ0n) is 9.43. The lowest BCUT2D eigenvalue weighted by atomic mass is 10.1. The van der Waals surface area contributed by atoms with Crippen LogP contribution in [0.5, 0.6) is 0 Å². The molecule has 1 aliphatic rings. The van der Waals surface area contributed by atoms with Gasteiger partial charge in [0.05, 0.1) is 6.10 Å². The van der Waals surface area contributed by atoms with Gasteiger partial charge in [-0.3, -0.25) is 0 Å². The van der Waals surface area contributed by atoms with Crippen molar-refractivity contribution in [2.75, 3.05) is 7.11 Å². The van der Waals surface area contributed by atoms with Crippen molar-refractivity contribution in [2.24, 2.45) is 0 Å². The molecule has 0 aliphatic carbocycles. The van der Waals surface area contributed by atoms with Crippen LogP contribution < -0.4 is 0 Å². The van der Waals surface area contributed by atoms with Gasteiger partial charge in [0.1, 0.15) is 12.2 Å². The highest BCUT2D eigenvalue weighted by atomic mass is 16.8. The van der Waals surface area contributed by atoms with E-state index in [0.717, 1.165) is 6.29 Å². The second-order valence-corrected chi connectivity index (χ2v) is 4.00. The SMILES string of the molecule is C=CC[C@H](OC)[C@@H]1OC(C)(C)O[C@H]1C=O. The molecule has 4 heteroatoms. The van der Waals surface area contributed by atoms with E-state index in [1.807, 2.05) is 0 Å². The van der Waals surface area contributed by atoms with Gasteiger partial charge >= 0.3 is 0 Å². The first-order valence-electron chi connectivity index (χ1n) is 4.98. The van der Waals surface area contributed by atoms with Crippen LogP contribution in [0.2, 0.25) is 0 Å². The fourth-order valence-electron chi connectivity index (χ4n) is 1.74. The van der Waals surface area contributed by atoms with Gasteiger partial charge in [-0.15, -0.1) is 6.58 Å². The molecule has 0 unspecified atom stereocenters. The van der Waals surface area contributed by atoms with Crippen molar-refractivity contribution in [3.05, 3.63) is 12.7 Å². The summed E-state index contributed by atoms with van der Waals surface area (Å²) in [7, 11) is 1.59. The topological polar surface area (TPSA) is 44.8 Å². The smallest absolute Gasteiger partial charge is 0.164 e. The van der Waals surface area contributed by atoms with Crippen LogP contribution in [0.15, 0.2) is 12.7 Å². The van der Waals surface area contributed by atoms with Crippen molar-refractivity contribution in [1.29, 1.82) is 0 Å². The number of rotatable bonds is 5. The molecular formula is C11H18O4. The maximum absolute atomic E-state index is 10.8. The summed E-state index contributed by atoms with van der Waals surface area (Å²) in [6.45, 7) is 7.21. The van der Waals surface area contributed by atoms with Crippen LogP contribution in [0, 0.1) is 0 Å². The average molecular weight is 214 g/mol. The van der Waals surface area contributed by atoms with Gasteiger partial charge in [0.15, 0.2) is 12.1 Å². The molecule has 0 N–H and O–H groups in total. The average Bonchev–Trinajstić information content (AvgIpc) is 2.50. The number of methoxy groups -OCH3 is 1. The molecule has 3 atom stereocenters. The molecule has 15 heavy (non-hydrogen) atoms. The van der Waals surface area contributed by atoms with Gasteiger partial charge in [-0.1, -0.05) is 6.08 Å². The highest BCUT2D eigenvalue weighted by molar-refractivity contribution is 5.58. The van der Waals surface area contributed by atoms with Gasteiger partial charge in [0.2, 0.25) is 0 Å². The predicted molar refractivity (Wildman–Crippen MR) is 55.5 cm³/mol. The second kappa shape index (κ2) is 4.88. The van der Waals surface area contributed by atoms with E-state index in [9.17, 15) is 4.79 Å². The fraction of sp³-hybridized carbons (Fsp3) is 0.727. The first-order chi connectivity index (χ1) is 7.04. The molecule has 0 amide bonds. The Balaban J connectivity index is 2.73. The van der Waals surface area contributed by atoms with E-state index in [0.29, 0.717) is 6.42 Å². The minimum atomic E-state index is -0.728. The summed E-state index contributed by atoms with van der Waals surface area (Å²) in [6.07, 6.45) is 2.01. The number of hydrogen-bond donors (Lipinski definition) is 0. The van der Waals surface area contributed by atoms with Crippen LogP contribution in [0.25, 0.3) is 0 Å². The molecule has 1 fully saturated rings. The Labute approximate surface area is 90.2 Å². The van der Waals surface area contributed by atoms with Crippen LogP contribution in [0.1, 0.15) is 20.3 Å². The number of carbonyl (C=O) groups is 1. The van der Waals surface area contributed by atoms with Crippen molar-refractivity contribution in [3.63, 3.8) is 0 Å². The van der Waals surface area contributed by atoms with Gasteiger partial charge in [0.25, 0.3) is 0 Å². The van der Waals surface area contributed by atoms with Crippen LogP contribution >= 0.6 is 0 Å². The van der Waals surface area contributed by atoms with Gasteiger partial charge in [0, 0.05) is 7.11 Å². The van der Waals surface area contributed by atoms with Crippen LogP contribution in [-0.2, 0) is 19.0 Å². The molecule has 1 saturated heterocycles. The Bertz CT molecular complexity index is 237. The molecule has 0 aromatic heterocycles. The third kappa shape index (κ3) is 2.87. The van der Waals surface area contributed by atoms with Crippen molar-refractivity contribution in [3.8, 4) is 0 Å². The fourth-order valence-corrected chi connectivity index (χ4v) is 1.74. The lowest BCUT2D eigenvalue weighted by Crippen LogP contribution is -2.37. The number of carbonyl (C=O) groups excluding carboxylic acids is 1. The van der Waals surface area contributed by atoms with Crippen LogP contribution in [0.3, 0.4) is 0 Å². The Morgan fingerprint density at radius 2 is 2.20 bits per heavy atom. The van der Waals surface area contributed by atoms with Gasteiger partial charge < -0.3 is 19.0 Å². The third-order valence-electron chi connectivity index (χ3n) is 2.37. The summed E-state index contributed by atoms with van der Waals surface area (Å²) in [4.78, 5) is 10.8. The standard InChI is InChI=1S/C11H18O4/c1-5-6-8(13-4)10-9(7-12)14-11(2,3)15-10/h5,7-10H,1,6H2,2-4H3/t8-,9-,10-/m0/s1. The quantitative estimate of drug-likeness (QED) is 0.511. The highest BCUT2D eigenvalue weighted by Gasteiger charge is 2.44. The Kier molecular flexibility index (Phi) is 4.02. The minimum absolute atomic E-state index is 0.195. The zero-order chi connectivity index (χ0) is 11.5. The van der Waals surface area contributed by atoms with E-state index in [1.165, 1.54) is 0 Å². The summed E-state index contributed by atoms with van der Waals surface area (Å²) in [5.74, 6) is -0.728. The molecule has 0 spiro atoms. The van der Waals surface area contributed by atoms with E-state index in [1.54, 1.807) is 27.0 Å². The molecular weight excluding hydrogens is 196 g/mol. The van der Waals surface area contributed by atoms with Crippen LogP contribution in [-0.4, -0.2) is 37.5 Å². The van der Waals surface area contributed by atoms with Gasteiger partial charge in [-0.05, 0) is 20.3 Å². The number of ether oxygens (including phenoxy) is 3. The molecule has 1 aliphatic heterocycles. The second-order valence-electron chi connectivity index (χ2n) is 4.00. The Morgan fingerprint density at radius 1 is 1.53 bits per heavy atom. The Morgan fingerprint density at radius 3 is 2.67 bits per heavy atom. The summed E-state index contributed by atoms with van der Waals surface area (Å²) in [5.41, 5.74) is 0. The molecule has 0 radical (unpaired) electrons. The molecule has 0 aromatic rings. The molecule has 1 heterocycles. The molecule has 4 nitrogen and oxygen atoms in total. The minimum Gasteiger partial charge on any atom is -0.378 e. The lowest BCUT2D eigenvalue weighted by Gasteiger charge is -2.22. The van der Waals surface area contributed by atoms with E-state index in [-0.39, 0.29) is 12.2 Å². The first-order valence-corrected chi connectivity index (χ1v) is 4.98. The van der Waals surface area contributed by atoms with Crippen molar-refractivity contribution in [1.82, 2.24) is 0 Å². The highest BCUT2D eigenvalue weighted by Crippen LogP contribution is 2.30. The molecule has 0 saturated carbocycles. The molecule has 86 valence electrons. The monoisotopic (exact) mass is 214 g/mol. The van der Waals surface area contributed by atoms with Crippen LogP contribution in [0.4, 0.5) is 0 Å². The maximum atomic E-state index is 10.8. The summed E-state index contributed by atoms with van der Waals surface area (Å²) in [6, 6.07) is 0. The van der Waals surface area contributed by atoms with Crippen molar-refractivity contribution >= 4 is 6.29 Å². The predicted octanol–water partition coefficient (Wildman–Crippen LogP) is 1.30. The molecule has 0 aromatic carbocycles. The maximum Gasteiger partial charge on any atom is 0.164 e. The number of aldehydes is 1. The summed E-state index contributed by atoms with van der Waals surface area (Å²) >= 11 is 0. The number of hydrogen-bond acceptors (Lipinski definition) is 4. The molecule has 0 bridgehead atoms. The van der Waals surface area contributed by atoms with E-state index < -0.39 is 11.9 Å². The third-order valence-corrected chi connectivity index (χ3v) is 2.37. The van der Waals surface area contributed by atoms with Gasteiger partial charge in [-0.2, -0.15) is 0 Å². The zero-order valence-corrected chi connectivity index (χ0v) is 9.43. The van der Waals surface area contributed by atoms with Crippen molar-refractivity contribution < 1.29 is 19.0 Å². The Hall–Kier alpha value is -0.710. The van der Waals surface area contributed by atoms with Crippen molar-refractivity contribution in [2.45, 2.75) is 44.4 Å². The largest absolute Gasteiger partial charge is 0.378 e. The summed E-state index contributed by atoms with van der Waals surface area (Å²) < 4.78 is 16.3. The van der Waals surface area contributed by atoms with Gasteiger partial charge in [-0.25, -0.2) is 0 Å².